The third-order valence-electron chi connectivity index (χ3n) is 1.83. The van der Waals surface area contributed by atoms with Gasteiger partial charge in [-0.05, 0) is 13.8 Å². The molecule has 0 unspecified atom stereocenters. The number of amides is 1. The predicted molar refractivity (Wildman–Crippen MR) is 52.0 cm³/mol. The minimum atomic E-state index is -0.0620. The first kappa shape index (κ1) is 10.6. The van der Waals surface area contributed by atoms with Gasteiger partial charge in [0.25, 0.3) is 0 Å². The highest BCUT2D eigenvalue weighted by atomic mass is 16.5. The van der Waals surface area contributed by atoms with Crippen molar-refractivity contribution in [1.82, 2.24) is 15.5 Å². The van der Waals surface area contributed by atoms with Crippen molar-refractivity contribution in [3.05, 3.63) is 11.3 Å². The second-order valence-corrected chi connectivity index (χ2v) is 2.98. The lowest BCUT2D eigenvalue weighted by Crippen LogP contribution is -2.19. The summed E-state index contributed by atoms with van der Waals surface area (Å²) < 4.78 is 5.30. The molecule has 0 saturated carbocycles. The lowest BCUT2D eigenvalue weighted by molar-refractivity contribution is -0.119. The number of H-pyrrole nitrogens is 1. The molecule has 0 aromatic carbocycles. The van der Waals surface area contributed by atoms with Gasteiger partial charge in [0, 0.05) is 19.2 Å². The van der Waals surface area contributed by atoms with Crippen LogP contribution in [0, 0.1) is 6.92 Å². The van der Waals surface area contributed by atoms with E-state index >= 15 is 0 Å². The number of nitrogens with zero attached hydrogens (tertiary/aromatic N) is 1. The SMILES string of the molecule is CCOc1n[nH]c(C)c1CNC(C)=O. The summed E-state index contributed by atoms with van der Waals surface area (Å²) in [5.74, 6) is 0.506. The van der Waals surface area contributed by atoms with Crippen LogP contribution in [0.15, 0.2) is 0 Å². The van der Waals surface area contributed by atoms with Crippen LogP contribution in [0.1, 0.15) is 25.1 Å². The van der Waals surface area contributed by atoms with Crippen LogP contribution in [-0.4, -0.2) is 22.7 Å². The highest BCUT2D eigenvalue weighted by molar-refractivity contribution is 5.72. The van der Waals surface area contributed by atoms with Gasteiger partial charge in [0.2, 0.25) is 11.8 Å². The van der Waals surface area contributed by atoms with Gasteiger partial charge in [-0.25, -0.2) is 0 Å². The Morgan fingerprint density at radius 1 is 1.64 bits per heavy atom. The van der Waals surface area contributed by atoms with E-state index in [-0.39, 0.29) is 5.91 Å². The number of carbonyl (C=O) groups excluding carboxylic acids is 1. The van der Waals surface area contributed by atoms with Gasteiger partial charge in [-0.15, -0.1) is 5.10 Å². The molecule has 1 heterocycles. The summed E-state index contributed by atoms with van der Waals surface area (Å²) in [5, 5.41) is 9.51. The Hall–Kier alpha value is -1.52. The zero-order chi connectivity index (χ0) is 10.6. The van der Waals surface area contributed by atoms with Crippen LogP contribution in [0.3, 0.4) is 0 Å². The number of hydrogen-bond donors (Lipinski definition) is 2. The van der Waals surface area contributed by atoms with E-state index in [1.165, 1.54) is 6.92 Å². The smallest absolute Gasteiger partial charge is 0.237 e. The maximum atomic E-state index is 10.7. The van der Waals surface area contributed by atoms with Crippen molar-refractivity contribution in [3.63, 3.8) is 0 Å². The molecular weight excluding hydrogens is 182 g/mol. The Morgan fingerprint density at radius 2 is 2.36 bits per heavy atom. The molecule has 0 aliphatic rings. The zero-order valence-corrected chi connectivity index (χ0v) is 8.68. The van der Waals surface area contributed by atoms with E-state index in [1.54, 1.807) is 0 Å². The first-order chi connectivity index (χ1) is 6.65. The molecule has 0 fully saturated rings. The summed E-state index contributed by atoms with van der Waals surface area (Å²) in [4.78, 5) is 10.7. The lowest BCUT2D eigenvalue weighted by atomic mass is 10.2. The van der Waals surface area contributed by atoms with E-state index in [9.17, 15) is 4.79 Å². The molecule has 78 valence electrons. The fraction of sp³-hybridized carbons (Fsp3) is 0.556. The minimum absolute atomic E-state index is 0.0620. The zero-order valence-electron chi connectivity index (χ0n) is 8.68. The maximum absolute atomic E-state index is 10.7. The van der Waals surface area contributed by atoms with Crippen molar-refractivity contribution in [2.45, 2.75) is 27.3 Å². The molecule has 5 nitrogen and oxygen atoms in total. The maximum Gasteiger partial charge on any atom is 0.237 e. The monoisotopic (exact) mass is 197 g/mol. The highest BCUT2D eigenvalue weighted by Crippen LogP contribution is 2.17. The topological polar surface area (TPSA) is 67.0 Å². The van der Waals surface area contributed by atoms with Crippen LogP contribution in [0.4, 0.5) is 0 Å². The van der Waals surface area contributed by atoms with Gasteiger partial charge in [0.1, 0.15) is 0 Å². The lowest BCUT2D eigenvalue weighted by Gasteiger charge is -2.04. The predicted octanol–water partition coefficient (Wildman–Crippen LogP) is 0.753. The minimum Gasteiger partial charge on any atom is -0.477 e. The molecule has 0 spiro atoms. The highest BCUT2D eigenvalue weighted by Gasteiger charge is 2.10. The molecule has 0 saturated heterocycles. The number of ether oxygens (including phenoxy) is 1. The van der Waals surface area contributed by atoms with Crippen molar-refractivity contribution in [1.29, 1.82) is 0 Å². The normalized spacial score (nSPS) is 9.93. The van der Waals surface area contributed by atoms with Gasteiger partial charge in [-0.3, -0.25) is 9.89 Å². The van der Waals surface area contributed by atoms with Gasteiger partial charge >= 0.3 is 0 Å². The van der Waals surface area contributed by atoms with E-state index in [1.807, 2.05) is 13.8 Å². The first-order valence-corrected chi connectivity index (χ1v) is 4.56. The number of aryl methyl sites for hydroxylation is 1. The summed E-state index contributed by atoms with van der Waals surface area (Å²) in [6, 6.07) is 0. The van der Waals surface area contributed by atoms with Gasteiger partial charge in [-0.2, -0.15) is 0 Å². The number of aromatic amines is 1. The Bertz CT molecular complexity index is 320. The van der Waals surface area contributed by atoms with Crippen molar-refractivity contribution < 1.29 is 9.53 Å². The van der Waals surface area contributed by atoms with E-state index in [0.717, 1.165) is 11.3 Å². The largest absolute Gasteiger partial charge is 0.477 e. The number of hydrogen-bond acceptors (Lipinski definition) is 3. The Labute approximate surface area is 82.8 Å². The summed E-state index contributed by atoms with van der Waals surface area (Å²) in [7, 11) is 0. The summed E-state index contributed by atoms with van der Waals surface area (Å²) >= 11 is 0. The second-order valence-electron chi connectivity index (χ2n) is 2.98. The van der Waals surface area contributed by atoms with Crippen molar-refractivity contribution in [2.24, 2.45) is 0 Å². The quantitative estimate of drug-likeness (QED) is 0.748. The number of rotatable bonds is 4. The average molecular weight is 197 g/mol. The summed E-state index contributed by atoms with van der Waals surface area (Å²) in [5.41, 5.74) is 1.82. The van der Waals surface area contributed by atoms with Crippen LogP contribution in [-0.2, 0) is 11.3 Å². The fourth-order valence-electron chi connectivity index (χ4n) is 1.11. The second kappa shape index (κ2) is 4.64. The molecular formula is C9H15N3O2. The van der Waals surface area contributed by atoms with Gasteiger partial charge in [0.05, 0.1) is 12.2 Å². The van der Waals surface area contributed by atoms with E-state index < -0.39 is 0 Å². The average Bonchev–Trinajstić information content (AvgIpc) is 2.45. The van der Waals surface area contributed by atoms with Crippen LogP contribution in [0.5, 0.6) is 5.88 Å². The molecule has 0 bridgehead atoms. The standard InChI is InChI=1S/C9H15N3O2/c1-4-14-9-8(5-10-7(3)13)6(2)11-12-9/h4-5H2,1-3H3,(H,10,13)(H,11,12). The Kier molecular flexibility index (Phi) is 3.50. The van der Waals surface area contributed by atoms with Crippen LogP contribution < -0.4 is 10.1 Å². The third-order valence-corrected chi connectivity index (χ3v) is 1.83. The molecule has 0 aliphatic carbocycles. The van der Waals surface area contributed by atoms with Crippen molar-refractivity contribution >= 4 is 5.91 Å². The molecule has 1 amide bonds. The summed E-state index contributed by atoms with van der Waals surface area (Å²) in [6.07, 6.45) is 0. The number of carbonyl (C=O) groups is 1. The number of nitrogens with one attached hydrogen (secondary N) is 2. The molecule has 14 heavy (non-hydrogen) atoms. The van der Waals surface area contributed by atoms with Crippen molar-refractivity contribution in [3.8, 4) is 5.88 Å². The first-order valence-electron chi connectivity index (χ1n) is 4.56. The van der Waals surface area contributed by atoms with E-state index in [0.29, 0.717) is 19.0 Å². The van der Waals surface area contributed by atoms with Crippen LogP contribution in [0.2, 0.25) is 0 Å². The molecule has 0 aliphatic heterocycles. The van der Waals surface area contributed by atoms with E-state index in [4.69, 9.17) is 4.74 Å². The molecule has 0 atom stereocenters. The third kappa shape index (κ3) is 2.48. The number of aromatic nitrogens is 2. The molecule has 2 N–H and O–H groups in total. The fourth-order valence-corrected chi connectivity index (χ4v) is 1.11. The van der Waals surface area contributed by atoms with Gasteiger partial charge < -0.3 is 10.1 Å². The summed E-state index contributed by atoms with van der Waals surface area (Å²) in [6.45, 7) is 6.29. The molecule has 0 radical (unpaired) electrons. The Balaban J connectivity index is 2.71. The van der Waals surface area contributed by atoms with Gasteiger partial charge in [-0.1, -0.05) is 0 Å². The van der Waals surface area contributed by atoms with Gasteiger partial charge in [0.15, 0.2) is 0 Å². The molecule has 1 aromatic rings. The molecule has 5 heteroatoms. The van der Waals surface area contributed by atoms with Crippen LogP contribution in [0.25, 0.3) is 0 Å². The molecule has 1 rings (SSSR count). The van der Waals surface area contributed by atoms with Crippen molar-refractivity contribution in [2.75, 3.05) is 6.61 Å². The van der Waals surface area contributed by atoms with E-state index in [2.05, 4.69) is 15.5 Å². The molecule has 1 aromatic heterocycles. The van der Waals surface area contributed by atoms with Crippen LogP contribution >= 0.6 is 0 Å². The Morgan fingerprint density at radius 3 is 2.93 bits per heavy atom.